The third kappa shape index (κ3) is 5.82. The molecule has 2 aromatic rings. The molecule has 2 aromatic carbocycles. The molecule has 4 aliphatic heterocycles. The fraction of sp³-hybridized carbons (Fsp3) is 0.712. The van der Waals surface area contributed by atoms with Crippen molar-refractivity contribution in [2.45, 2.75) is 181 Å². The van der Waals surface area contributed by atoms with Crippen LogP contribution in [0.3, 0.4) is 0 Å². The number of carboxylic acid groups (broad SMARTS) is 1. The number of amides is 2. The van der Waals surface area contributed by atoms with E-state index in [-0.39, 0.29) is 77.0 Å². The van der Waals surface area contributed by atoms with Crippen molar-refractivity contribution in [3.8, 4) is 23.0 Å². The van der Waals surface area contributed by atoms with E-state index in [0.717, 1.165) is 37.7 Å². The number of carbonyl (C=O) groups excluding carboxylic acids is 2. The van der Waals surface area contributed by atoms with E-state index in [4.69, 9.17) is 9.47 Å². The number of carboxylic acids is 1. The van der Waals surface area contributed by atoms with Gasteiger partial charge >= 0.3 is 5.97 Å². The first-order valence-electron chi connectivity index (χ1n) is 24.5. The van der Waals surface area contributed by atoms with Gasteiger partial charge in [0.05, 0.1) is 42.5 Å². The second-order valence-corrected chi connectivity index (χ2v) is 23.6. The molecule has 4 heterocycles. The molecule has 4 fully saturated rings. The Balaban J connectivity index is 0.833. The van der Waals surface area contributed by atoms with E-state index in [9.17, 15) is 45.0 Å². The highest BCUT2D eigenvalue weighted by Gasteiger charge is 2.70. The molecule has 6 N–H and O–H groups in total. The Morgan fingerprint density at radius 3 is 1.85 bits per heavy atom. The summed E-state index contributed by atoms with van der Waals surface area (Å²) in [6, 6.07) is 1.91. The number of phenolic OH excluding ortho intramolecular Hbond substituents is 2. The van der Waals surface area contributed by atoms with Gasteiger partial charge in [0.15, 0.2) is 0 Å². The molecule has 0 saturated heterocycles. The zero-order valence-corrected chi connectivity index (χ0v) is 39.5. The molecular weight excluding hydrogens is 829 g/mol. The zero-order chi connectivity index (χ0) is 46.7. The van der Waals surface area contributed by atoms with Gasteiger partial charge in [-0.1, -0.05) is 55.4 Å². The predicted molar refractivity (Wildman–Crippen MR) is 240 cm³/mol. The fourth-order valence-corrected chi connectivity index (χ4v) is 16.2. The lowest BCUT2D eigenvalue weighted by Gasteiger charge is -2.64. The van der Waals surface area contributed by atoms with Gasteiger partial charge in [0.2, 0.25) is 0 Å². The molecule has 354 valence electrons. The number of benzene rings is 2. The van der Waals surface area contributed by atoms with Crippen molar-refractivity contribution < 1.29 is 54.5 Å². The number of nitrogens with zero attached hydrogens (tertiary/aromatic N) is 2. The summed E-state index contributed by atoms with van der Waals surface area (Å²) in [5.74, 6) is -0.274. The summed E-state index contributed by atoms with van der Waals surface area (Å²) < 4.78 is 14.3. The van der Waals surface area contributed by atoms with E-state index in [0.29, 0.717) is 78.8 Å². The molecule has 4 aliphatic carbocycles. The highest BCUT2D eigenvalue weighted by atomic mass is 16.5. The number of phenols is 2. The molecule has 4 saturated carbocycles. The fourth-order valence-electron chi connectivity index (χ4n) is 16.2. The number of aromatic hydroxyl groups is 2. The number of aliphatic hydroxyl groups excluding tert-OH is 3. The summed E-state index contributed by atoms with van der Waals surface area (Å²) in [4.78, 5) is 44.1. The number of unbranched alkanes of at least 4 members (excludes halogenated alkanes) is 1. The monoisotopic (exact) mass is 898 g/mol. The molecule has 0 radical (unpaired) electrons. The van der Waals surface area contributed by atoms with Crippen LogP contribution in [0.25, 0.3) is 0 Å². The quantitative estimate of drug-likeness (QED) is 0.155. The number of carbonyl (C=O) groups is 3. The van der Waals surface area contributed by atoms with E-state index >= 15 is 0 Å². The lowest BCUT2D eigenvalue weighted by molar-refractivity contribution is -0.240. The van der Waals surface area contributed by atoms with Crippen molar-refractivity contribution in [2.75, 3.05) is 6.54 Å². The Morgan fingerprint density at radius 2 is 1.26 bits per heavy atom. The highest BCUT2D eigenvalue weighted by molar-refractivity contribution is 6.02. The Kier molecular flexibility index (Phi) is 9.96. The SMILES string of the molecule is C[C@@H]1CCC2C(C)(C)[C@H](O)CC[C@]2(C)[C@@]12Cc1c(O)cc3c(c1O2)CN([C@@H](CCCCN1Cc2c(cc(O)c4c2O[C@]2(C4)[C@H](C)CCC4C(C)(C)[C@H](O)[C@H](O)C[C@@]42C)C1=O)C(=O)O)C3=O. The van der Waals surface area contributed by atoms with Gasteiger partial charge < -0.3 is 49.9 Å². The van der Waals surface area contributed by atoms with Crippen LogP contribution in [0.15, 0.2) is 12.1 Å². The number of ether oxygens (including phenoxy) is 2. The largest absolute Gasteiger partial charge is 0.508 e. The lowest BCUT2D eigenvalue weighted by atomic mass is 9.43. The predicted octanol–water partition coefficient (Wildman–Crippen LogP) is 7.12. The van der Waals surface area contributed by atoms with Crippen LogP contribution >= 0.6 is 0 Å². The third-order valence-electron chi connectivity index (χ3n) is 20.1. The second-order valence-electron chi connectivity index (χ2n) is 23.6. The van der Waals surface area contributed by atoms with Crippen LogP contribution in [-0.2, 0) is 30.7 Å². The van der Waals surface area contributed by atoms with Gasteiger partial charge in [-0.3, -0.25) is 9.59 Å². The average molecular weight is 899 g/mol. The smallest absolute Gasteiger partial charge is 0.326 e. The van der Waals surface area contributed by atoms with Crippen LogP contribution < -0.4 is 9.47 Å². The maximum absolute atomic E-state index is 14.1. The van der Waals surface area contributed by atoms with Gasteiger partial charge in [-0.05, 0) is 111 Å². The Bertz CT molecular complexity index is 2380. The Hall–Kier alpha value is -4.07. The van der Waals surface area contributed by atoms with Crippen LogP contribution in [0.5, 0.6) is 23.0 Å². The van der Waals surface area contributed by atoms with Crippen molar-refractivity contribution in [3.63, 3.8) is 0 Å². The van der Waals surface area contributed by atoms with Crippen molar-refractivity contribution in [2.24, 2.45) is 45.3 Å². The number of hydrogen-bond acceptors (Lipinski definition) is 10. The zero-order valence-electron chi connectivity index (χ0n) is 39.5. The van der Waals surface area contributed by atoms with Crippen LogP contribution in [0.1, 0.15) is 163 Å². The number of aliphatic hydroxyl groups is 3. The van der Waals surface area contributed by atoms with Crippen molar-refractivity contribution >= 4 is 17.8 Å². The summed E-state index contributed by atoms with van der Waals surface area (Å²) >= 11 is 0. The molecule has 65 heavy (non-hydrogen) atoms. The van der Waals surface area contributed by atoms with Crippen molar-refractivity contribution in [3.05, 3.63) is 45.5 Å². The molecule has 2 amide bonds. The molecule has 13 heteroatoms. The normalized spacial score (nSPS) is 38.7. The topological polar surface area (TPSA) is 198 Å². The third-order valence-corrected chi connectivity index (χ3v) is 20.1. The van der Waals surface area contributed by atoms with Gasteiger partial charge in [0.25, 0.3) is 11.8 Å². The molecule has 0 aromatic heterocycles. The molecule has 10 rings (SSSR count). The molecule has 12 atom stereocenters. The van der Waals surface area contributed by atoms with Crippen LogP contribution in [0, 0.1) is 45.3 Å². The lowest BCUT2D eigenvalue weighted by Crippen LogP contribution is -2.69. The number of aliphatic carboxylic acids is 1. The number of fused-ring (bicyclic) bond motifs is 10. The molecule has 2 spiro atoms. The molecule has 13 nitrogen and oxygen atoms in total. The first-order valence-corrected chi connectivity index (χ1v) is 24.5. The summed E-state index contributed by atoms with van der Waals surface area (Å²) in [5.41, 5.74) is 0.244. The van der Waals surface area contributed by atoms with Crippen LogP contribution in [-0.4, -0.2) is 100 Å². The number of hydrogen-bond donors (Lipinski definition) is 6. The van der Waals surface area contributed by atoms with Gasteiger partial charge in [-0.2, -0.15) is 0 Å². The van der Waals surface area contributed by atoms with Crippen molar-refractivity contribution in [1.82, 2.24) is 9.80 Å². The van der Waals surface area contributed by atoms with Gasteiger partial charge in [0.1, 0.15) is 40.2 Å². The van der Waals surface area contributed by atoms with E-state index in [1.807, 2.05) is 13.8 Å². The summed E-state index contributed by atoms with van der Waals surface area (Å²) in [6.45, 7) is 17.8. The molecular formula is C52H70N2O11. The minimum atomic E-state index is -1.14. The summed E-state index contributed by atoms with van der Waals surface area (Å²) in [6.07, 6.45) is 5.21. The first-order chi connectivity index (χ1) is 30.4. The van der Waals surface area contributed by atoms with Crippen molar-refractivity contribution in [1.29, 1.82) is 0 Å². The van der Waals surface area contributed by atoms with Gasteiger partial charge in [0, 0.05) is 52.5 Å². The van der Waals surface area contributed by atoms with Gasteiger partial charge in [-0.15, -0.1) is 0 Å². The maximum Gasteiger partial charge on any atom is 0.326 e. The summed E-state index contributed by atoms with van der Waals surface area (Å²) in [7, 11) is 0. The summed E-state index contributed by atoms with van der Waals surface area (Å²) in [5, 5.41) is 67.0. The van der Waals surface area contributed by atoms with E-state index in [2.05, 4.69) is 41.5 Å². The Morgan fingerprint density at radius 1 is 0.723 bits per heavy atom. The first kappa shape index (κ1) is 44.7. The maximum atomic E-state index is 14.1. The molecule has 2 unspecified atom stereocenters. The van der Waals surface area contributed by atoms with E-state index in [1.165, 1.54) is 11.0 Å². The van der Waals surface area contributed by atoms with Gasteiger partial charge in [-0.25, -0.2) is 4.79 Å². The molecule has 8 aliphatic rings. The highest BCUT2D eigenvalue weighted by Crippen LogP contribution is 2.69. The van der Waals surface area contributed by atoms with E-state index < -0.39 is 58.3 Å². The van der Waals surface area contributed by atoms with Crippen LogP contribution in [0.4, 0.5) is 0 Å². The second kappa shape index (κ2) is 14.5. The minimum absolute atomic E-state index is 0.00949. The Labute approximate surface area is 382 Å². The van der Waals surface area contributed by atoms with E-state index in [1.54, 1.807) is 11.0 Å². The van der Waals surface area contributed by atoms with Crippen LogP contribution in [0.2, 0.25) is 0 Å². The molecule has 0 bridgehead atoms. The number of rotatable bonds is 7. The standard InChI is InChI=1S/C52H70N2O11/c1-26-12-14-38-47(3,4)40(58)16-17-49(38,7)51(26)21-30-36(56)20-29-33(42(30)64-51)25-54(45(29)61)34(46(62)63)11-9-10-18-53-24-32-28(44(53)60)19-35(55)31-22-52(65-41(31)32)27(2)13-15-39-48(5,6)43(59)37(57)23-50(39,52)8/h19-20,26-27,34,37-40,43,55-59H,9-18,21-25H2,1-8H3,(H,62,63)/t26-,27-,34+,37-,38?,39?,40-,43-,49+,50+,51-,52-/m1/s1. The minimum Gasteiger partial charge on any atom is -0.508 e. The average Bonchev–Trinajstić information content (AvgIpc) is 4.01.